The molecule has 1 aromatic heterocycles. The van der Waals surface area contributed by atoms with Crippen molar-refractivity contribution < 1.29 is 47.7 Å². The van der Waals surface area contributed by atoms with Crippen LogP contribution in [0.25, 0.3) is 11.8 Å². The number of allylic oxidation sites excluding steroid dienone is 5. The summed E-state index contributed by atoms with van der Waals surface area (Å²) in [6, 6.07) is 8.87. The van der Waals surface area contributed by atoms with E-state index in [9.17, 15) is 0 Å². The van der Waals surface area contributed by atoms with Crippen molar-refractivity contribution in [2.24, 2.45) is 0 Å². The summed E-state index contributed by atoms with van der Waals surface area (Å²) in [5.74, 6) is 0. The van der Waals surface area contributed by atoms with E-state index in [4.69, 9.17) is 0 Å². The van der Waals surface area contributed by atoms with E-state index >= 15 is 0 Å². The number of halogens is 2. The van der Waals surface area contributed by atoms with Crippen LogP contribution in [0.4, 0.5) is 0 Å². The van der Waals surface area contributed by atoms with Crippen molar-refractivity contribution in [3.05, 3.63) is 79.5 Å². The summed E-state index contributed by atoms with van der Waals surface area (Å²) in [5, 5.41) is 0. The van der Waals surface area contributed by atoms with Gasteiger partial charge in [0.15, 0.2) is 0 Å². The van der Waals surface area contributed by atoms with Gasteiger partial charge in [-0.25, -0.2) is 0 Å². The zero-order valence-electron chi connectivity index (χ0n) is 15.6. The van der Waals surface area contributed by atoms with Crippen molar-refractivity contribution in [2.75, 3.05) is 0 Å². The smallest absolute Gasteiger partial charge is 1.00 e. The van der Waals surface area contributed by atoms with E-state index in [1.165, 1.54) is 34.4 Å². The standard InChI is InChI=1S/C15H14N.C7H9.2ClH.Hf/c1-11-5-6-12(2)15-10-13(9-14(11)15)16-7-3-4-8-16;1-6-4-3-5-7(6)2;;;/h3-10H,1-2H3;4H,3H2,1-2H3;2*1H;/q;;;;+2/p-2. The predicted molar refractivity (Wildman–Crippen MR) is 98.3 cm³/mol. The molecule has 26 heavy (non-hydrogen) atoms. The van der Waals surface area contributed by atoms with Crippen molar-refractivity contribution in [1.82, 2.24) is 4.57 Å². The van der Waals surface area contributed by atoms with Crippen LogP contribution in [0.15, 0.2) is 57.2 Å². The SMILES string of the molecule is CC1=CC[C]([Hf+2][CH]2C(n3cccc3)=Cc3c(C)ccc(C)c32)=C1C.[Cl-].[Cl-]. The Balaban J connectivity index is 0.00000121. The predicted octanol–water partition coefficient (Wildman–Crippen LogP) is -0.128. The number of aromatic nitrogens is 1. The minimum Gasteiger partial charge on any atom is -1.00 e. The number of nitrogens with zero attached hydrogens (tertiary/aromatic N) is 1. The Bertz CT molecular complexity index is 904. The topological polar surface area (TPSA) is 4.93 Å². The van der Waals surface area contributed by atoms with Gasteiger partial charge in [0, 0.05) is 0 Å². The first-order chi connectivity index (χ1) is 11.6. The number of aryl methyl sites for hydroxylation is 2. The summed E-state index contributed by atoms with van der Waals surface area (Å²) < 4.78 is 4.79. The van der Waals surface area contributed by atoms with Crippen LogP contribution < -0.4 is 24.8 Å². The van der Waals surface area contributed by atoms with Gasteiger partial charge in [0.2, 0.25) is 0 Å². The summed E-state index contributed by atoms with van der Waals surface area (Å²) in [6.45, 7) is 9.15. The average Bonchev–Trinajstić information content (AvgIpc) is 3.27. The van der Waals surface area contributed by atoms with Gasteiger partial charge in [-0.3, -0.25) is 0 Å². The molecule has 0 saturated carbocycles. The molecule has 134 valence electrons. The minimum absolute atomic E-state index is 0. The first-order valence-electron chi connectivity index (χ1n) is 8.64. The molecule has 1 atom stereocenters. The van der Waals surface area contributed by atoms with Crippen molar-refractivity contribution in [1.29, 1.82) is 0 Å². The normalized spacial score (nSPS) is 17.8. The van der Waals surface area contributed by atoms with Crippen LogP contribution >= 0.6 is 0 Å². The molecule has 2 aromatic rings. The molecule has 0 amide bonds. The first-order valence-corrected chi connectivity index (χ1v) is 12.5. The summed E-state index contributed by atoms with van der Waals surface area (Å²) in [5.41, 5.74) is 10.6. The van der Waals surface area contributed by atoms with Crippen molar-refractivity contribution in [2.45, 2.75) is 37.8 Å². The van der Waals surface area contributed by atoms with Crippen LogP contribution in [0.5, 0.6) is 0 Å². The van der Waals surface area contributed by atoms with Gasteiger partial charge in [0.05, 0.1) is 0 Å². The molecule has 2 aliphatic carbocycles. The quantitative estimate of drug-likeness (QED) is 0.470. The Hall–Kier alpha value is -0.830. The number of rotatable bonds is 3. The second-order valence-corrected chi connectivity index (χ2v) is 12.2. The van der Waals surface area contributed by atoms with E-state index in [0.29, 0.717) is 3.67 Å². The molecule has 1 aromatic carbocycles. The summed E-state index contributed by atoms with van der Waals surface area (Å²) in [6.07, 6.45) is 10.5. The molecular weight excluding hydrogens is 528 g/mol. The maximum absolute atomic E-state index is 2.46. The van der Waals surface area contributed by atoms with Gasteiger partial charge in [0.25, 0.3) is 0 Å². The van der Waals surface area contributed by atoms with Crippen LogP contribution in [-0.2, 0) is 22.9 Å². The van der Waals surface area contributed by atoms with Crippen LogP contribution in [0.2, 0.25) is 0 Å². The number of hydrogen-bond donors (Lipinski definition) is 0. The van der Waals surface area contributed by atoms with E-state index in [1.54, 1.807) is 14.5 Å². The molecule has 1 unspecified atom stereocenters. The monoisotopic (exact) mass is 551 g/mol. The third-order valence-electron chi connectivity index (χ3n) is 5.48. The van der Waals surface area contributed by atoms with Gasteiger partial charge in [-0.05, 0) is 0 Å². The fourth-order valence-corrected chi connectivity index (χ4v) is 10.6. The zero-order chi connectivity index (χ0) is 16.8. The van der Waals surface area contributed by atoms with Crippen LogP contribution in [-0.4, -0.2) is 4.57 Å². The van der Waals surface area contributed by atoms with Crippen LogP contribution in [0.1, 0.15) is 46.2 Å². The molecule has 0 spiro atoms. The van der Waals surface area contributed by atoms with E-state index in [0.717, 1.165) is 0 Å². The van der Waals surface area contributed by atoms with Gasteiger partial charge in [0.1, 0.15) is 0 Å². The zero-order valence-corrected chi connectivity index (χ0v) is 20.7. The van der Waals surface area contributed by atoms with E-state index in [1.807, 2.05) is 0 Å². The van der Waals surface area contributed by atoms with E-state index in [2.05, 4.69) is 81.1 Å². The van der Waals surface area contributed by atoms with Gasteiger partial charge in [-0.1, -0.05) is 0 Å². The maximum Gasteiger partial charge on any atom is -1.00 e. The van der Waals surface area contributed by atoms with Crippen molar-refractivity contribution >= 4 is 11.8 Å². The molecule has 0 saturated heterocycles. The fourth-order valence-electron chi connectivity index (χ4n) is 3.83. The molecule has 0 aliphatic heterocycles. The molecule has 4 rings (SSSR count). The molecular formula is C22H23Cl2HfN. The second-order valence-electron chi connectivity index (χ2n) is 6.96. The molecule has 1 nitrogen and oxygen atoms in total. The molecule has 0 radical (unpaired) electrons. The van der Waals surface area contributed by atoms with Crippen LogP contribution in [0.3, 0.4) is 0 Å². The number of benzene rings is 1. The van der Waals surface area contributed by atoms with Gasteiger partial charge in [-0.15, -0.1) is 0 Å². The second kappa shape index (κ2) is 8.46. The Kier molecular flexibility index (Phi) is 6.98. The summed E-state index contributed by atoms with van der Waals surface area (Å²) in [4.78, 5) is 0. The molecule has 0 bridgehead atoms. The largest absolute Gasteiger partial charge is 1.00 e. The Morgan fingerprint density at radius 1 is 0.962 bits per heavy atom. The third-order valence-corrected chi connectivity index (χ3v) is 11.9. The average molecular weight is 551 g/mol. The Morgan fingerprint density at radius 2 is 1.62 bits per heavy atom. The third kappa shape index (κ3) is 3.61. The van der Waals surface area contributed by atoms with Gasteiger partial charge < -0.3 is 24.8 Å². The minimum atomic E-state index is -1.000. The Morgan fingerprint density at radius 3 is 2.23 bits per heavy atom. The van der Waals surface area contributed by atoms with E-state index < -0.39 is 22.9 Å². The van der Waals surface area contributed by atoms with E-state index in [-0.39, 0.29) is 24.8 Å². The molecule has 4 heteroatoms. The summed E-state index contributed by atoms with van der Waals surface area (Å²) >= 11 is -1.000. The maximum atomic E-state index is 2.46. The number of hydrogen-bond acceptors (Lipinski definition) is 0. The first kappa shape index (κ1) is 21.5. The Labute approximate surface area is 180 Å². The number of fused-ring (bicyclic) bond motifs is 1. The molecule has 0 fully saturated rings. The van der Waals surface area contributed by atoms with Gasteiger partial charge in [-0.2, -0.15) is 0 Å². The molecule has 0 N–H and O–H groups in total. The van der Waals surface area contributed by atoms with Gasteiger partial charge >= 0.3 is 157 Å². The molecule has 2 aliphatic rings. The molecule has 1 heterocycles. The summed E-state index contributed by atoms with van der Waals surface area (Å²) in [7, 11) is 0. The fraction of sp³-hybridized carbons (Fsp3) is 0.273. The van der Waals surface area contributed by atoms with Crippen molar-refractivity contribution in [3.63, 3.8) is 0 Å². The van der Waals surface area contributed by atoms with Crippen LogP contribution in [0, 0.1) is 13.8 Å². The van der Waals surface area contributed by atoms with Crippen molar-refractivity contribution in [3.8, 4) is 0 Å².